The number of carbonyl (C=O) groups is 1. The molecule has 1 amide bonds. The van der Waals surface area contributed by atoms with E-state index in [0.717, 1.165) is 6.07 Å². The molecule has 2 aromatic carbocycles. The Morgan fingerprint density at radius 2 is 1.73 bits per heavy atom. The molecule has 26 heavy (non-hydrogen) atoms. The number of hydrogen-bond donors (Lipinski definition) is 1. The number of nitrogens with zero attached hydrogens (tertiary/aromatic N) is 2. The maximum absolute atomic E-state index is 13.5. The van der Waals surface area contributed by atoms with Gasteiger partial charge in [0.15, 0.2) is 0 Å². The zero-order valence-corrected chi connectivity index (χ0v) is 13.8. The Labute approximate surface area is 148 Å². The summed E-state index contributed by atoms with van der Waals surface area (Å²) in [6, 6.07) is 14.7. The van der Waals surface area contributed by atoms with Crippen molar-refractivity contribution in [1.82, 2.24) is 4.98 Å². The highest BCUT2D eigenvalue weighted by molar-refractivity contribution is 6.03. The zero-order valence-electron chi connectivity index (χ0n) is 13.8. The minimum absolute atomic E-state index is 0.104. The average Bonchev–Trinajstić information content (AvgIpc) is 2.60. The molecule has 0 unspecified atom stereocenters. The summed E-state index contributed by atoms with van der Waals surface area (Å²) in [5, 5.41) is 11.6. The molecule has 128 valence electrons. The number of nitriles is 1. The van der Waals surface area contributed by atoms with E-state index in [2.05, 4.69) is 10.3 Å². The predicted molar refractivity (Wildman–Crippen MR) is 93.4 cm³/mol. The second-order valence-electron chi connectivity index (χ2n) is 5.69. The number of nitrogens with one attached hydrogen (secondary N) is 1. The normalized spacial score (nSPS) is 10.2. The topological polar surface area (TPSA) is 65.8 Å². The van der Waals surface area contributed by atoms with Crippen LogP contribution in [0.2, 0.25) is 0 Å². The van der Waals surface area contributed by atoms with Crippen LogP contribution in [0.5, 0.6) is 0 Å². The van der Waals surface area contributed by atoms with Crippen molar-refractivity contribution in [2.24, 2.45) is 0 Å². The smallest absolute Gasteiger partial charge is 0.274 e. The van der Waals surface area contributed by atoms with Gasteiger partial charge in [0.05, 0.1) is 11.6 Å². The van der Waals surface area contributed by atoms with Gasteiger partial charge >= 0.3 is 0 Å². The number of benzene rings is 2. The van der Waals surface area contributed by atoms with Gasteiger partial charge in [-0.2, -0.15) is 5.26 Å². The van der Waals surface area contributed by atoms with Crippen LogP contribution in [0.4, 0.5) is 14.5 Å². The number of aromatic nitrogens is 1. The summed E-state index contributed by atoms with van der Waals surface area (Å²) in [4.78, 5) is 16.7. The largest absolute Gasteiger partial charge is 0.321 e. The van der Waals surface area contributed by atoms with Crippen LogP contribution < -0.4 is 5.32 Å². The van der Waals surface area contributed by atoms with Gasteiger partial charge in [0.25, 0.3) is 5.91 Å². The van der Waals surface area contributed by atoms with Crippen molar-refractivity contribution in [3.63, 3.8) is 0 Å². The SMILES string of the molecule is Cc1cc(-c2cc(F)cc(F)c2)cc(C(=O)Nc2cccc(C#N)c2)n1. The van der Waals surface area contributed by atoms with Crippen molar-refractivity contribution in [3.05, 3.63) is 83.2 Å². The minimum atomic E-state index is -0.700. The van der Waals surface area contributed by atoms with E-state index in [1.165, 1.54) is 24.3 Å². The van der Waals surface area contributed by atoms with Gasteiger partial charge < -0.3 is 5.32 Å². The summed E-state index contributed by atoms with van der Waals surface area (Å²) >= 11 is 0. The first-order chi connectivity index (χ1) is 12.4. The first kappa shape index (κ1) is 17.2. The van der Waals surface area contributed by atoms with Crippen LogP contribution in [0.25, 0.3) is 11.1 Å². The first-order valence-corrected chi connectivity index (χ1v) is 7.71. The monoisotopic (exact) mass is 349 g/mol. The lowest BCUT2D eigenvalue weighted by atomic mass is 10.0. The molecule has 0 saturated carbocycles. The standard InChI is InChI=1S/C20H13F2N3O/c1-12-5-14(15-7-16(21)10-17(22)8-15)9-19(24-12)20(26)25-18-4-2-3-13(6-18)11-23/h2-10H,1H3,(H,25,26). The van der Waals surface area contributed by atoms with Crippen LogP contribution in [-0.4, -0.2) is 10.9 Å². The van der Waals surface area contributed by atoms with Gasteiger partial charge in [-0.3, -0.25) is 4.79 Å². The number of amides is 1. The fourth-order valence-corrected chi connectivity index (χ4v) is 2.53. The number of halogens is 2. The third-order valence-electron chi connectivity index (χ3n) is 3.63. The molecule has 3 aromatic rings. The average molecular weight is 349 g/mol. The van der Waals surface area contributed by atoms with Crippen molar-refractivity contribution in [2.45, 2.75) is 6.92 Å². The lowest BCUT2D eigenvalue weighted by Crippen LogP contribution is -2.14. The molecular formula is C20H13F2N3O. The lowest BCUT2D eigenvalue weighted by Gasteiger charge is -2.09. The van der Waals surface area contributed by atoms with Crippen LogP contribution in [-0.2, 0) is 0 Å². The first-order valence-electron chi connectivity index (χ1n) is 7.71. The van der Waals surface area contributed by atoms with E-state index in [1.807, 2.05) is 6.07 Å². The molecule has 0 fully saturated rings. The van der Waals surface area contributed by atoms with Gasteiger partial charge in [-0.25, -0.2) is 13.8 Å². The molecule has 0 spiro atoms. The number of anilines is 1. The summed E-state index contributed by atoms with van der Waals surface area (Å²) in [6.07, 6.45) is 0. The molecule has 3 rings (SSSR count). The molecule has 0 atom stereocenters. The van der Waals surface area contributed by atoms with E-state index in [-0.39, 0.29) is 5.69 Å². The maximum atomic E-state index is 13.5. The fraction of sp³-hybridized carbons (Fsp3) is 0.0500. The van der Waals surface area contributed by atoms with Gasteiger partial charge in [-0.1, -0.05) is 6.07 Å². The van der Waals surface area contributed by atoms with Crippen LogP contribution >= 0.6 is 0 Å². The van der Waals surface area contributed by atoms with E-state index in [1.54, 1.807) is 31.2 Å². The van der Waals surface area contributed by atoms with Crippen LogP contribution in [0.15, 0.2) is 54.6 Å². The summed E-state index contributed by atoms with van der Waals surface area (Å²) in [6.45, 7) is 1.69. The van der Waals surface area contributed by atoms with E-state index in [4.69, 9.17) is 5.26 Å². The van der Waals surface area contributed by atoms with E-state index >= 15 is 0 Å². The number of hydrogen-bond acceptors (Lipinski definition) is 3. The van der Waals surface area contributed by atoms with Gasteiger partial charge in [0.2, 0.25) is 0 Å². The molecule has 0 radical (unpaired) electrons. The van der Waals surface area contributed by atoms with E-state index in [0.29, 0.717) is 28.1 Å². The summed E-state index contributed by atoms with van der Waals surface area (Å²) in [5.74, 6) is -1.88. The Kier molecular flexibility index (Phi) is 4.72. The third kappa shape index (κ3) is 3.90. The third-order valence-corrected chi connectivity index (χ3v) is 3.63. The van der Waals surface area contributed by atoms with Crippen molar-refractivity contribution in [3.8, 4) is 17.2 Å². The molecule has 1 N–H and O–H groups in total. The molecule has 0 saturated heterocycles. The minimum Gasteiger partial charge on any atom is -0.321 e. The lowest BCUT2D eigenvalue weighted by molar-refractivity contribution is 0.102. The van der Waals surface area contributed by atoms with Gasteiger partial charge in [-0.05, 0) is 60.5 Å². The van der Waals surface area contributed by atoms with Crippen molar-refractivity contribution < 1.29 is 13.6 Å². The number of rotatable bonds is 3. The van der Waals surface area contributed by atoms with Gasteiger partial charge in [0, 0.05) is 17.4 Å². The van der Waals surface area contributed by atoms with Crippen molar-refractivity contribution in [1.29, 1.82) is 5.26 Å². The van der Waals surface area contributed by atoms with Crippen molar-refractivity contribution >= 4 is 11.6 Å². The van der Waals surface area contributed by atoms with Gasteiger partial charge in [-0.15, -0.1) is 0 Å². The molecule has 0 aliphatic rings. The maximum Gasteiger partial charge on any atom is 0.274 e. The molecule has 0 bridgehead atoms. The highest BCUT2D eigenvalue weighted by atomic mass is 19.1. The number of carbonyl (C=O) groups excluding carboxylic acids is 1. The predicted octanol–water partition coefficient (Wildman–Crippen LogP) is 4.46. The molecule has 0 aliphatic heterocycles. The van der Waals surface area contributed by atoms with Crippen LogP contribution in [0.1, 0.15) is 21.7 Å². The Morgan fingerprint density at radius 3 is 2.42 bits per heavy atom. The van der Waals surface area contributed by atoms with Crippen LogP contribution in [0.3, 0.4) is 0 Å². The summed E-state index contributed by atoms with van der Waals surface area (Å²) in [5.41, 5.74) is 2.29. The quantitative estimate of drug-likeness (QED) is 0.759. The highest BCUT2D eigenvalue weighted by Gasteiger charge is 2.12. The molecule has 0 aliphatic carbocycles. The second kappa shape index (κ2) is 7.11. The van der Waals surface area contributed by atoms with Crippen molar-refractivity contribution in [2.75, 3.05) is 5.32 Å². The van der Waals surface area contributed by atoms with Gasteiger partial charge in [0.1, 0.15) is 17.3 Å². The molecule has 1 aromatic heterocycles. The molecular weight excluding hydrogens is 336 g/mol. The molecule has 6 heteroatoms. The van der Waals surface area contributed by atoms with E-state index in [9.17, 15) is 13.6 Å². The molecule has 4 nitrogen and oxygen atoms in total. The number of aryl methyl sites for hydroxylation is 1. The number of pyridine rings is 1. The summed E-state index contributed by atoms with van der Waals surface area (Å²) in [7, 11) is 0. The molecule has 1 heterocycles. The second-order valence-corrected chi connectivity index (χ2v) is 5.69. The van der Waals surface area contributed by atoms with E-state index < -0.39 is 17.5 Å². The highest BCUT2D eigenvalue weighted by Crippen LogP contribution is 2.23. The Balaban J connectivity index is 1.94. The zero-order chi connectivity index (χ0) is 18.7. The Morgan fingerprint density at radius 1 is 1.04 bits per heavy atom. The Bertz CT molecular complexity index is 1020. The summed E-state index contributed by atoms with van der Waals surface area (Å²) < 4.78 is 26.9. The fourth-order valence-electron chi connectivity index (χ4n) is 2.53. The Hall–Kier alpha value is -3.59. The van der Waals surface area contributed by atoms with Crippen LogP contribution in [0, 0.1) is 29.9 Å².